The number of hydrogen-bond acceptors (Lipinski definition) is 6. The number of ketones is 2. The lowest BCUT2D eigenvalue weighted by atomic mass is 10.1. The van der Waals surface area contributed by atoms with E-state index in [1.54, 1.807) is 23.5 Å². The number of carbonyl (C=O) groups is 2. The molecule has 0 N–H and O–H groups in total. The van der Waals surface area contributed by atoms with Gasteiger partial charge >= 0.3 is 0 Å². The van der Waals surface area contributed by atoms with Gasteiger partial charge in [0.05, 0.1) is 26.4 Å². The van der Waals surface area contributed by atoms with Crippen molar-refractivity contribution >= 4 is 35.1 Å². The van der Waals surface area contributed by atoms with E-state index in [4.69, 9.17) is 9.47 Å². The van der Waals surface area contributed by atoms with Gasteiger partial charge in [-0.3, -0.25) is 9.59 Å². The highest BCUT2D eigenvalue weighted by molar-refractivity contribution is 8.00. The maximum atomic E-state index is 11.7. The molecule has 0 spiro atoms. The molecule has 0 rings (SSSR count). The lowest BCUT2D eigenvalue weighted by Crippen LogP contribution is -2.12. The third kappa shape index (κ3) is 19.3. The lowest BCUT2D eigenvalue weighted by molar-refractivity contribution is -0.119. The van der Waals surface area contributed by atoms with Crippen LogP contribution in [0.2, 0.25) is 0 Å². The van der Waals surface area contributed by atoms with E-state index in [9.17, 15) is 9.59 Å². The van der Waals surface area contributed by atoms with Crippen LogP contribution >= 0.6 is 23.5 Å². The first-order valence-corrected chi connectivity index (χ1v) is 13.0. The third-order valence-corrected chi connectivity index (χ3v) is 6.56. The molecule has 0 fully saturated rings. The zero-order valence-corrected chi connectivity index (χ0v) is 20.1. The Labute approximate surface area is 181 Å². The maximum absolute atomic E-state index is 11.7. The molecule has 0 aliphatic rings. The monoisotopic (exact) mass is 434 g/mol. The number of Topliss-reactive ketones (excluding diaryl/α,β-unsaturated/α-hetero) is 2. The van der Waals surface area contributed by atoms with Gasteiger partial charge in [-0.1, -0.05) is 40.5 Å². The van der Waals surface area contributed by atoms with Crippen molar-refractivity contribution < 1.29 is 19.1 Å². The van der Waals surface area contributed by atoms with Crippen LogP contribution in [0.15, 0.2) is 0 Å². The molecule has 0 aromatic carbocycles. The van der Waals surface area contributed by atoms with Crippen LogP contribution in [-0.4, -0.2) is 60.0 Å². The van der Waals surface area contributed by atoms with E-state index < -0.39 is 0 Å². The first kappa shape index (κ1) is 28.0. The van der Waals surface area contributed by atoms with E-state index in [1.165, 1.54) is 0 Å². The fourth-order valence-electron chi connectivity index (χ4n) is 2.65. The van der Waals surface area contributed by atoms with Gasteiger partial charge < -0.3 is 9.47 Å². The number of rotatable bonds is 21. The summed E-state index contributed by atoms with van der Waals surface area (Å²) in [6.07, 6.45) is 6.98. The number of hydrogen-bond donors (Lipinski definition) is 0. The van der Waals surface area contributed by atoms with Crippen molar-refractivity contribution in [3.05, 3.63) is 0 Å². The summed E-state index contributed by atoms with van der Waals surface area (Å²) in [4.78, 5) is 23.5. The second-order valence-electron chi connectivity index (χ2n) is 7.28. The van der Waals surface area contributed by atoms with Crippen LogP contribution in [0.4, 0.5) is 0 Å². The van der Waals surface area contributed by atoms with Crippen molar-refractivity contribution in [3.63, 3.8) is 0 Å². The van der Waals surface area contributed by atoms with Gasteiger partial charge in [0.2, 0.25) is 0 Å². The van der Waals surface area contributed by atoms with Crippen LogP contribution < -0.4 is 0 Å². The predicted molar refractivity (Wildman–Crippen MR) is 124 cm³/mol. The zero-order chi connectivity index (χ0) is 21.0. The number of ether oxygens (including phenoxy) is 2. The van der Waals surface area contributed by atoms with Crippen molar-refractivity contribution in [2.75, 3.05) is 37.9 Å². The standard InChI is InChI=1S/C22H42O4S2/c1-5-7-9-21(23)17-19(3)27-15-13-25-11-12-26-14-16-28-20(4)18-22(24)10-8-6-2/h19-20H,5-18H2,1-4H3. The summed E-state index contributed by atoms with van der Waals surface area (Å²) in [6.45, 7) is 11.1. The topological polar surface area (TPSA) is 52.6 Å². The molecule has 0 aromatic heterocycles. The molecule has 0 radical (unpaired) electrons. The Morgan fingerprint density at radius 3 is 1.46 bits per heavy atom. The summed E-state index contributed by atoms with van der Waals surface area (Å²) < 4.78 is 11.2. The summed E-state index contributed by atoms with van der Waals surface area (Å²) in [7, 11) is 0. The number of unbranched alkanes of at least 4 members (excludes halogenated alkanes) is 2. The predicted octanol–water partition coefficient (Wildman–Crippen LogP) is 5.56. The van der Waals surface area contributed by atoms with Crippen LogP contribution in [0.1, 0.15) is 79.1 Å². The Bertz CT molecular complexity index is 355. The van der Waals surface area contributed by atoms with Gasteiger partial charge in [0, 0.05) is 47.7 Å². The molecule has 0 saturated carbocycles. The molecule has 0 aromatic rings. The minimum Gasteiger partial charge on any atom is -0.378 e. The smallest absolute Gasteiger partial charge is 0.134 e. The molecule has 0 bridgehead atoms. The van der Waals surface area contributed by atoms with E-state index >= 15 is 0 Å². The minimum absolute atomic E-state index is 0.372. The van der Waals surface area contributed by atoms with Crippen LogP contribution in [0.25, 0.3) is 0 Å². The summed E-state index contributed by atoms with van der Waals surface area (Å²) >= 11 is 3.61. The number of thioether (sulfide) groups is 2. The normalized spacial score (nSPS) is 13.4. The fourth-order valence-corrected chi connectivity index (χ4v) is 4.49. The molecule has 0 heterocycles. The molecular weight excluding hydrogens is 392 g/mol. The average molecular weight is 435 g/mol. The Morgan fingerprint density at radius 1 is 0.714 bits per heavy atom. The van der Waals surface area contributed by atoms with E-state index in [2.05, 4.69) is 27.7 Å². The SMILES string of the molecule is CCCCC(=O)CC(C)SCCOCCOCCSC(C)CC(=O)CCCC. The highest BCUT2D eigenvalue weighted by Gasteiger charge is 2.10. The molecule has 0 amide bonds. The lowest BCUT2D eigenvalue weighted by Gasteiger charge is -2.11. The Balaban J connectivity index is 3.39. The highest BCUT2D eigenvalue weighted by atomic mass is 32.2. The maximum Gasteiger partial charge on any atom is 0.134 e. The second kappa shape index (κ2) is 20.2. The molecule has 2 unspecified atom stereocenters. The minimum atomic E-state index is 0.372. The van der Waals surface area contributed by atoms with Gasteiger partial charge in [-0.05, 0) is 12.8 Å². The zero-order valence-electron chi connectivity index (χ0n) is 18.5. The van der Waals surface area contributed by atoms with Crippen LogP contribution in [0.3, 0.4) is 0 Å². The summed E-state index contributed by atoms with van der Waals surface area (Å²) in [5.41, 5.74) is 0. The van der Waals surface area contributed by atoms with Crippen LogP contribution in [0, 0.1) is 0 Å². The second-order valence-corrected chi connectivity index (χ2v) is 10.4. The summed E-state index contributed by atoms with van der Waals surface area (Å²) in [6, 6.07) is 0. The van der Waals surface area contributed by atoms with E-state index in [-0.39, 0.29) is 0 Å². The Morgan fingerprint density at radius 2 is 1.11 bits per heavy atom. The van der Waals surface area contributed by atoms with E-state index in [1.807, 2.05) is 0 Å². The average Bonchev–Trinajstić information content (AvgIpc) is 2.66. The first-order chi connectivity index (χ1) is 13.5. The molecule has 0 aliphatic carbocycles. The van der Waals surface area contributed by atoms with Crippen LogP contribution in [-0.2, 0) is 19.1 Å². The van der Waals surface area contributed by atoms with Crippen LogP contribution in [0.5, 0.6) is 0 Å². The molecule has 4 nitrogen and oxygen atoms in total. The highest BCUT2D eigenvalue weighted by Crippen LogP contribution is 2.16. The quantitative estimate of drug-likeness (QED) is 0.220. The fraction of sp³-hybridized carbons (Fsp3) is 0.909. The molecule has 2 atom stereocenters. The molecule has 166 valence electrons. The number of carbonyl (C=O) groups excluding carboxylic acids is 2. The van der Waals surface area contributed by atoms with Gasteiger partial charge in [-0.15, -0.1) is 0 Å². The van der Waals surface area contributed by atoms with Crippen molar-refractivity contribution in [1.82, 2.24) is 0 Å². The molecule has 28 heavy (non-hydrogen) atoms. The van der Waals surface area contributed by atoms with Gasteiger partial charge in [-0.25, -0.2) is 0 Å². The summed E-state index contributed by atoms with van der Waals surface area (Å²) in [5.74, 6) is 2.60. The van der Waals surface area contributed by atoms with Gasteiger partial charge in [0.15, 0.2) is 0 Å². The molecule has 6 heteroatoms. The van der Waals surface area contributed by atoms with Gasteiger partial charge in [0.25, 0.3) is 0 Å². The molecular formula is C22H42O4S2. The third-order valence-electron chi connectivity index (χ3n) is 4.28. The Hall–Kier alpha value is -0.0400. The molecule has 0 saturated heterocycles. The van der Waals surface area contributed by atoms with Gasteiger partial charge in [-0.2, -0.15) is 23.5 Å². The first-order valence-electron chi connectivity index (χ1n) is 10.9. The van der Waals surface area contributed by atoms with Crippen molar-refractivity contribution in [2.24, 2.45) is 0 Å². The van der Waals surface area contributed by atoms with Crippen molar-refractivity contribution in [1.29, 1.82) is 0 Å². The van der Waals surface area contributed by atoms with E-state index in [0.717, 1.165) is 50.0 Å². The largest absolute Gasteiger partial charge is 0.378 e. The Kier molecular flexibility index (Phi) is 20.2. The molecule has 0 aliphatic heterocycles. The van der Waals surface area contributed by atoms with Crippen molar-refractivity contribution in [3.8, 4) is 0 Å². The van der Waals surface area contributed by atoms with Crippen molar-refractivity contribution in [2.45, 2.75) is 89.6 Å². The summed E-state index contributed by atoms with van der Waals surface area (Å²) in [5, 5.41) is 0.745. The van der Waals surface area contributed by atoms with Gasteiger partial charge in [0.1, 0.15) is 11.6 Å². The van der Waals surface area contributed by atoms with E-state index in [0.29, 0.717) is 61.3 Å².